The molecular formula is C16H19FN4O5S. The van der Waals surface area contributed by atoms with Gasteiger partial charge in [-0.15, -0.1) is 0 Å². The number of aryl methyl sites for hydroxylation is 2. The molecule has 9 nitrogen and oxygen atoms in total. The van der Waals surface area contributed by atoms with Gasteiger partial charge in [0, 0.05) is 38.3 Å². The van der Waals surface area contributed by atoms with Crippen molar-refractivity contribution in [3.05, 3.63) is 45.6 Å². The van der Waals surface area contributed by atoms with Crippen LogP contribution in [-0.4, -0.2) is 49.0 Å². The van der Waals surface area contributed by atoms with E-state index in [4.69, 9.17) is 4.52 Å². The number of aromatic nitrogens is 1. The van der Waals surface area contributed by atoms with Crippen LogP contribution in [0.3, 0.4) is 0 Å². The number of rotatable bonds is 4. The van der Waals surface area contributed by atoms with Gasteiger partial charge in [-0.2, -0.15) is 4.31 Å². The zero-order valence-corrected chi connectivity index (χ0v) is 15.7. The van der Waals surface area contributed by atoms with E-state index in [1.807, 2.05) is 0 Å². The minimum Gasteiger partial charge on any atom is -0.365 e. The van der Waals surface area contributed by atoms with Gasteiger partial charge in [-0.1, -0.05) is 5.16 Å². The second-order valence-electron chi connectivity index (χ2n) is 6.29. The van der Waals surface area contributed by atoms with E-state index in [1.54, 1.807) is 11.8 Å². The van der Waals surface area contributed by atoms with E-state index in [0.29, 0.717) is 13.0 Å². The highest BCUT2D eigenvalue weighted by Crippen LogP contribution is 2.31. The molecule has 1 aromatic carbocycles. The van der Waals surface area contributed by atoms with Gasteiger partial charge in [-0.05, 0) is 26.3 Å². The fraction of sp³-hybridized carbons (Fsp3) is 0.438. The van der Waals surface area contributed by atoms with Gasteiger partial charge >= 0.3 is 0 Å². The van der Waals surface area contributed by atoms with E-state index >= 15 is 0 Å². The van der Waals surface area contributed by atoms with Crippen LogP contribution >= 0.6 is 0 Å². The van der Waals surface area contributed by atoms with Crippen LogP contribution < -0.4 is 4.90 Å². The number of nitrogens with zero attached hydrogens (tertiary/aromatic N) is 4. The predicted octanol–water partition coefficient (Wildman–Crippen LogP) is 2.24. The highest BCUT2D eigenvalue weighted by atomic mass is 32.2. The standard InChI is InChI=1S/C16H19FN4O5S/c1-11-16(12(2)26-18-11)27(24,25)20-7-3-6-19(8-9-20)15-10-13(17)4-5-14(15)21(22)23/h4-5,10H,3,6-9H2,1-2H3. The molecule has 0 unspecified atom stereocenters. The van der Waals surface area contributed by atoms with E-state index in [9.17, 15) is 22.9 Å². The summed E-state index contributed by atoms with van der Waals surface area (Å²) in [6.07, 6.45) is 0.441. The van der Waals surface area contributed by atoms with Gasteiger partial charge in [0.05, 0.1) is 4.92 Å². The summed E-state index contributed by atoms with van der Waals surface area (Å²) in [5.41, 5.74) is 0.226. The average molecular weight is 398 g/mol. The van der Waals surface area contributed by atoms with Crippen molar-refractivity contribution in [2.45, 2.75) is 25.2 Å². The lowest BCUT2D eigenvalue weighted by Crippen LogP contribution is -2.35. The first-order valence-corrected chi connectivity index (χ1v) is 9.77. The predicted molar refractivity (Wildman–Crippen MR) is 94.6 cm³/mol. The Morgan fingerprint density at radius 1 is 1.22 bits per heavy atom. The lowest BCUT2D eigenvalue weighted by atomic mass is 10.2. The lowest BCUT2D eigenvalue weighted by Gasteiger charge is -2.23. The maximum absolute atomic E-state index is 13.6. The van der Waals surface area contributed by atoms with E-state index in [1.165, 1.54) is 11.2 Å². The Morgan fingerprint density at radius 2 is 1.96 bits per heavy atom. The largest absolute Gasteiger partial charge is 0.365 e. The molecule has 0 amide bonds. The second-order valence-corrected chi connectivity index (χ2v) is 8.16. The molecule has 0 saturated carbocycles. The van der Waals surface area contributed by atoms with Gasteiger partial charge in [-0.25, -0.2) is 12.8 Å². The van der Waals surface area contributed by atoms with Gasteiger partial charge in [0.15, 0.2) is 5.76 Å². The van der Waals surface area contributed by atoms with Crippen LogP contribution in [0.4, 0.5) is 15.8 Å². The summed E-state index contributed by atoms with van der Waals surface area (Å²) in [6, 6.07) is 3.26. The zero-order valence-electron chi connectivity index (χ0n) is 14.9. The molecule has 0 spiro atoms. The van der Waals surface area contributed by atoms with E-state index in [-0.39, 0.29) is 47.4 Å². The second kappa shape index (κ2) is 7.24. The molecule has 1 aliphatic rings. The summed E-state index contributed by atoms with van der Waals surface area (Å²) in [7, 11) is -3.80. The maximum Gasteiger partial charge on any atom is 0.292 e. The normalized spacial score (nSPS) is 16.3. The third kappa shape index (κ3) is 3.65. The molecular weight excluding hydrogens is 379 g/mol. The van der Waals surface area contributed by atoms with E-state index in [2.05, 4.69) is 5.16 Å². The smallest absolute Gasteiger partial charge is 0.292 e. The van der Waals surface area contributed by atoms with Crippen molar-refractivity contribution in [1.82, 2.24) is 9.46 Å². The molecule has 11 heteroatoms. The van der Waals surface area contributed by atoms with Crippen LogP contribution in [0.1, 0.15) is 17.9 Å². The zero-order chi connectivity index (χ0) is 19.8. The third-order valence-corrected chi connectivity index (χ3v) is 6.64. The summed E-state index contributed by atoms with van der Waals surface area (Å²) in [6.45, 7) is 4.02. The molecule has 0 radical (unpaired) electrons. The lowest BCUT2D eigenvalue weighted by molar-refractivity contribution is -0.384. The van der Waals surface area contributed by atoms with Crippen LogP contribution in [0.5, 0.6) is 0 Å². The monoisotopic (exact) mass is 398 g/mol. The Balaban J connectivity index is 1.87. The minimum atomic E-state index is -3.80. The van der Waals surface area contributed by atoms with Gasteiger partial charge in [0.25, 0.3) is 5.69 Å². The summed E-state index contributed by atoms with van der Waals surface area (Å²) in [5.74, 6) is -0.366. The number of nitro groups is 1. The van der Waals surface area contributed by atoms with Gasteiger partial charge in [0.1, 0.15) is 22.1 Å². The number of benzene rings is 1. The van der Waals surface area contributed by atoms with Crippen molar-refractivity contribution in [1.29, 1.82) is 0 Å². The van der Waals surface area contributed by atoms with Crippen LogP contribution in [0.15, 0.2) is 27.6 Å². The summed E-state index contributed by atoms with van der Waals surface area (Å²) in [4.78, 5) is 12.4. The maximum atomic E-state index is 13.6. The molecule has 2 heterocycles. The first-order chi connectivity index (χ1) is 12.7. The first kappa shape index (κ1) is 19.2. The number of hydrogen-bond acceptors (Lipinski definition) is 7. The Bertz CT molecular complexity index is 956. The molecule has 0 bridgehead atoms. The number of halogens is 1. The van der Waals surface area contributed by atoms with Crippen molar-refractivity contribution < 1.29 is 22.3 Å². The Morgan fingerprint density at radius 3 is 2.59 bits per heavy atom. The molecule has 1 aromatic heterocycles. The van der Waals surface area contributed by atoms with Crippen LogP contribution in [0.25, 0.3) is 0 Å². The summed E-state index contributed by atoms with van der Waals surface area (Å²) in [5, 5.41) is 14.9. The van der Waals surface area contributed by atoms with Crippen LogP contribution in [-0.2, 0) is 10.0 Å². The molecule has 146 valence electrons. The summed E-state index contributed by atoms with van der Waals surface area (Å²) >= 11 is 0. The molecule has 3 rings (SSSR count). The molecule has 2 aromatic rings. The van der Waals surface area contributed by atoms with Crippen molar-refractivity contribution >= 4 is 21.4 Å². The fourth-order valence-electron chi connectivity index (χ4n) is 3.25. The molecule has 27 heavy (non-hydrogen) atoms. The topological polar surface area (TPSA) is 110 Å². The SMILES string of the molecule is Cc1noc(C)c1S(=O)(=O)N1CCCN(c2cc(F)ccc2[N+](=O)[O-])CC1. The quantitative estimate of drug-likeness (QED) is 0.574. The van der Waals surface area contributed by atoms with Gasteiger partial charge in [0.2, 0.25) is 10.0 Å². The Kier molecular flexibility index (Phi) is 5.16. The molecule has 0 atom stereocenters. The highest BCUT2D eigenvalue weighted by molar-refractivity contribution is 7.89. The van der Waals surface area contributed by atoms with Crippen LogP contribution in [0, 0.1) is 29.8 Å². The van der Waals surface area contributed by atoms with Crippen molar-refractivity contribution in [3.63, 3.8) is 0 Å². The van der Waals surface area contributed by atoms with E-state index in [0.717, 1.165) is 18.2 Å². The number of anilines is 1. The van der Waals surface area contributed by atoms with Crippen molar-refractivity contribution in [2.24, 2.45) is 0 Å². The highest BCUT2D eigenvalue weighted by Gasteiger charge is 2.33. The first-order valence-electron chi connectivity index (χ1n) is 8.33. The molecule has 1 saturated heterocycles. The average Bonchev–Trinajstić information content (AvgIpc) is 2.81. The van der Waals surface area contributed by atoms with Crippen molar-refractivity contribution in [3.8, 4) is 0 Å². The van der Waals surface area contributed by atoms with E-state index < -0.39 is 20.8 Å². The van der Waals surface area contributed by atoms with Crippen LogP contribution in [0.2, 0.25) is 0 Å². The number of hydrogen-bond donors (Lipinski definition) is 0. The Labute approximate surface area is 155 Å². The van der Waals surface area contributed by atoms with Gasteiger partial charge in [-0.3, -0.25) is 10.1 Å². The number of nitro benzene ring substituents is 1. The molecule has 0 N–H and O–H groups in total. The Hall–Kier alpha value is -2.53. The van der Waals surface area contributed by atoms with Crippen molar-refractivity contribution in [2.75, 3.05) is 31.1 Å². The third-order valence-electron chi connectivity index (χ3n) is 4.50. The minimum absolute atomic E-state index is 0.0488. The fourth-order valence-corrected chi connectivity index (χ4v) is 5.01. The molecule has 1 aliphatic heterocycles. The molecule has 0 aliphatic carbocycles. The number of sulfonamides is 1. The van der Waals surface area contributed by atoms with Gasteiger partial charge < -0.3 is 9.42 Å². The summed E-state index contributed by atoms with van der Waals surface area (Å²) < 4.78 is 45.8. The molecule has 1 fully saturated rings.